The lowest BCUT2D eigenvalue weighted by Gasteiger charge is -2.31. The van der Waals surface area contributed by atoms with Gasteiger partial charge in [0, 0.05) is 30.9 Å². The van der Waals surface area contributed by atoms with Crippen LogP contribution >= 0.6 is 0 Å². The molecule has 1 aliphatic rings. The van der Waals surface area contributed by atoms with Crippen LogP contribution in [0.4, 0.5) is 10.5 Å². The summed E-state index contributed by atoms with van der Waals surface area (Å²) in [6.45, 7) is 3.83. The second-order valence-corrected chi connectivity index (χ2v) is 6.85. The molecule has 2 aromatic carbocycles. The standard InChI is InChI=1S/C20H23N5O2/c1-2-25-18(22-23-20(25)27)15-10-12-24(13-11-15)19(26)21-17-9-5-7-14-6-3-4-8-16(14)17/h3-9,15H,2,10-13H2,1H3,(H,21,26)(H,23,27). The van der Waals surface area contributed by atoms with Crippen molar-refractivity contribution < 1.29 is 4.79 Å². The van der Waals surface area contributed by atoms with Gasteiger partial charge in [0.25, 0.3) is 0 Å². The van der Waals surface area contributed by atoms with Gasteiger partial charge in [0.15, 0.2) is 0 Å². The number of anilines is 1. The minimum Gasteiger partial charge on any atom is -0.324 e. The molecule has 7 nitrogen and oxygen atoms in total. The quantitative estimate of drug-likeness (QED) is 0.748. The first-order valence-corrected chi connectivity index (χ1v) is 9.36. The first-order valence-electron chi connectivity index (χ1n) is 9.36. The van der Waals surface area contributed by atoms with Crippen molar-refractivity contribution in [2.24, 2.45) is 0 Å². The van der Waals surface area contributed by atoms with Gasteiger partial charge in [-0.3, -0.25) is 4.57 Å². The molecule has 0 spiro atoms. The monoisotopic (exact) mass is 365 g/mol. The highest BCUT2D eigenvalue weighted by atomic mass is 16.2. The third-order valence-corrected chi connectivity index (χ3v) is 5.28. The van der Waals surface area contributed by atoms with E-state index in [9.17, 15) is 9.59 Å². The Bertz CT molecular complexity index is 1010. The van der Waals surface area contributed by atoms with Gasteiger partial charge in [0.1, 0.15) is 5.82 Å². The fourth-order valence-corrected chi connectivity index (χ4v) is 3.82. The number of nitrogens with one attached hydrogen (secondary N) is 2. The molecule has 1 aromatic heterocycles. The van der Waals surface area contributed by atoms with E-state index in [1.807, 2.05) is 54.3 Å². The molecule has 4 rings (SSSR count). The van der Waals surface area contributed by atoms with E-state index >= 15 is 0 Å². The number of carbonyl (C=O) groups is 1. The van der Waals surface area contributed by atoms with Gasteiger partial charge in [-0.25, -0.2) is 14.7 Å². The number of aromatic amines is 1. The van der Waals surface area contributed by atoms with E-state index in [-0.39, 0.29) is 17.6 Å². The second kappa shape index (κ2) is 7.26. The van der Waals surface area contributed by atoms with Crippen LogP contribution in [0.25, 0.3) is 10.8 Å². The number of piperidine rings is 1. The molecule has 0 unspecified atom stereocenters. The van der Waals surface area contributed by atoms with Crippen molar-refractivity contribution in [3.8, 4) is 0 Å². The van der Waals surface area contributed by atoms with Crippen molar-refractivity contribution >= 4 is 22.5 Å². The van der Waals surface area contributed by atoms with Crippen molar-refractivity contribution in [1.29, 1.82) is 0 Å². The maximum absolute atomic E-state index is 12.7. The average Bonchev–Trinajstić information content (AvgIpc) is 3.09. The molecule has 1 saturated heterocycles. The van der Waals surface area contributed by atoms with Gasteiger partial charge in [-0.1, -0.05) is 36.4 Å². The Morgan fingerprint density at radius 2 is 1.93 bits per heavy atom. The van der Waals surface area contributed by atoms with Gasteiger partial charge in [-0.15, -0.1) is 0 Å². The smallest absolute Gasteiger partial charge is 0.324 e. The number of hydrogen-bond donors (Lipinski definition) is 2. The number of benzene rings is 2. The van der Waals surface area contributed by atoms with Crippen LogP contribution in [-0.2, 0) is 6.54 Å². The number of nitrogens with zero attached hydrogens (tertiary/aromatic N) is 3. The Kier molecular flexibility index (Phi) is 4.66. The van der Waals surface area contributed by atoms with Crippen LogP contribution in [-0.4, -0.2) is 38.8 Å². The van der Waals surface area contributed by atoms with E-state index in [1.54, 1.807) is 4.57 Å². The predicted molar refractivity (Wildman–Crippen MR) is 105 cm³/mol. The Morgan fingerprint density at radius 1 is 1.19 bits per heavy atom. The number of amides is 2. The zero-order valence-electron chi connectivity index (χ0n) is 15.3. The summed E-state index contributed by atoms with van der Waals surface area (Å²) >= 11 is 0. The van der Waals surface area contributed by atoms with Crippen LogP contribution < -0.4 is 11.0 Å². The topological polar surface area (TPSA) is 83.0 Å². The molecule has 7 heteroatoms. The zero-order chi connectivity index (χ0) is 18.8. The fourth-order valence-electron chi connectivity index (χ4n) is 3.82. The van der Waals surface area contributed by atoms with Crippen LogP contribution in [0, 0.1) is 0 Å². The molecule has 0 atom stereocenters. The lowest BCUT2D eigenvalue weighted by atomic mass is 9.96. The molecule has 2 N–H and O–H groups in total. The molecule has 1 aliphatic heterocycles. The van der Waals surface area contributed by atoms with Crippen LogP contribution in [0.15, 0.2) is 47.3 Å². The lowest BCUT2D eigenvalue weighted by Crippen LogP contribution is -2.41. The highest BCUT2D eigenvalue weighted by Gasteiger charge is 2.27. The number of rotatable bonds is 3. The van der Waals surface area contributed by atoms with Gasteiger partial charge in [0.2, 0.25) is 0 Å². The minimum absolute atomic E-state index is 0.0836. The molecule has 1 fully saturated rings. The summed E-state index contributed by atoms with van der Waals surface area (Å²) < 4.78 is 1.68. The first kappa shape index (κ1) is 17.3. The van der Waals surface area contributed by atoms with E-state index in [0.29, 0.717) is 19.6 Å². The molecule has 0 bridgehead atoms. The highest BCUT2D eigenvalue weighted by Crippen LogP contribution is 2.27. The average molecular weight is 365 g/mol. The van der Waals surface area contributed by atoms with E-state index in [2.05, 4.69) is 15.5 Å². The number of urea groups is 1. The van der Waals surface area contributed by atoms with Gasteiger partial charge < -0.3 is 10.2 Å². The number of hydrogen-bond acceptors (Lipinski definition) is 3. The summed E-state index contributed by atoms with van der Waals surface area (Å²) in [6.07, 6.45) is 1.60. The van der Waals surface area contributed by atoms with Crippen molar-refractivity contribution in [2.45, 2.75) is 32.2 Å². The third-order valence-electron chi connectivity index (χ3n) is 5.28. The molecular formula is C20H23N5O2. The molecule has 0 saturated carbocycles. The summed E-state index contributed by atoms with van der Waals surface area (Å²) in [6, 6.07) is 13.8. The van der Waals surface area contributed by atoms with E-state index in [0.717, 1.165) is 35.1 Å². The maximum Gasteiger partial charge on any atom is 0.343 e. The van der Waals surface area contributed by atoms with Crippen molar-refractivity contribution in [3.63, 3.8) is 0 Å². The number of fused-ring (bicyclic) bond motifs is 1. The van der Waals surface area contributed by atoms with E-state index < -0.39 is 0 Å². The lowest BCUT2D eigenvalue weighted by molar-refractivity contribution is 0.193. The fraction of sp³-hybridized carbons (Fsp3) is 0.350. The molecule has 140 valence electrons. The zero-order valence-corrected chi connectivity index (χ0v) is 15.3. The second-order valence-electron chi connectivity index (χ2n) is 6.85. The number of carbonyl (C=O) groups excluding carboxylic acids is 1. The van der Waals surface area contributed by atoms with E-state index in [4.69, 9.17) is 0 Å². The molecule has 0 aliphatic carbocycles. The van der Waals surface area contributed by atoms with Gasteiger partial charge >= 0.3 is 11.7 Å². The van der Waals surface area contributed by atoms with Crippen LogP contribution in [0.2, 0.25) is 0 Å². The minimum atomic E-state index is -0.163. The van der Waals surface area contributed by atoms with Crippen molar-refractivity contribution in [3.05, 3.63) is 58.8 Å². The summed E-state index contributed by atoms with van der Waals surface area (Å²) in [5, 5.41) is 11.9. The number of likely N-dealkylation sites (tertiary alicyclic amines) is 1. The Morgan fingerprint density at radius 3 is 2.70 bits per heavy atom. The van der Waals surface area contributed by atoms with Gasteiger partial charge in [-0.2, -0.15) is 5.10 Å². The number of H-pyrrole nitrogens is 1. The molecule has 27 heavy (non-hydrogen) atoms. The summed E-state index contributed by atoms with van der Waals surface area (Å²) in [5.74, 6) is 1.00. The Hall–Kier alpha value is -3.09. The summed E-state index contributed by atoms with van der Waals surface area (Å²) in [4.78, 5) is 26.3. The van der Waals surface area contributed by atoms with Crippen LogP contribution in [0.3, 0.4) is 0 Å². The van der Waals surface area contributed by atoms with Gasteiger partial charge in [0.05, 0.1) is 5.69 Å². The Labute approximate surface area is 157 Å². The normalized spacial score (nSPS) is 15.2. The summed E-state index contributed by atoms with van der Waals surface area (Å²) in [7, 11) is 0. The SMILES string of the molecule is CCn1c(C2CCN(C(=O)Nc3cccc4ccccc34)CC2)n[nH]c1=O. The van der Waals surface area contributed by atoms with Crippen LogP contribution in [0.5, 0.6) is 0 Å². The third kappa shape index (κ3) is 3.32. The first-order chi connectivity index (χ1) is 13.2. The molecule has 2 amide bonds. The van der Waals surface area contributed by atoms with Gasteiger partial charge in [-0.05, 0) is 31.2 Å². The number of aromatic nitrogens is 3. The maximum atomic E-state index is 12.7. The van der Waals surface area contributed by atoms with Crippen molar-refractivity contribution in [2.75, 3.05) is 18.4 Å². The van der Waals surface area contributed by atoms with E-state index in [1.165, 1.54) is 0 Å². The molecule has 3 aromatic rings. The largest absolute Gasteiger partial charge is 0.343 e. The molecular weight excluding hydrogens is 342 g/mol. The highest BCUT2D eigenvalue weighted by molar-refractivity contribution is 6.01. The summed E-state index contributed by atoms with van der Waals surface area (Å²) in [5.41, 5.74) is 0.663. The molecule has 0 radical (unpaired) electrons. The van der Waals surface area contributed by atoms with Crippen molar-refractivity contribution in [1.82, 2.24) is 19.7 Å². The van der Waals surface area contributed by atoms with Crippen LogP contribution in [0.1, 0.15) is 31.5 Å². The Balaban J connectivity index is 1.43. The predicted octanol–water partition coefficient (Wildman–Crippen LogP) is 3.16. The molecule has 2 heterocycles.